The van der Waals surface area contributed by atoms with Crippen molar-refractivity contribution >= 4 is 5.69 Å². The maximum atomic E-state index is 13.4. The Balaban J connectivity index is 1.70. The van der Waals surface area contributed by atoms with E-state index in [1.54, 1.807) is 12.1 Å². The van der Waals surface area contributed by atoms with Crippen LogP contribution in [0.1, 0.15) is 26.2 Å². The van der Waals surface area contributed by atoms with Crippen LogP contribution >= 0.6 is 0 Å². The molecule has 0 amide bonds. The first-order valence-corrected chi connectivity index (χ1v) is 7.52. The third-order valence-electron chi connectivity index (χ3n) is 4.85. The highest BCUT2D eigenvalue weighted by atomic mass is 19.1. The highest BCUT2D eigenvalue weighted by Gasteiger charge is 2.39. The van der Waals surface area contributed by atoms with Crippen molar-refractivity contribution in [1.29, 1.82) is 0 Å². The van der Waals surface area contributed by atoms with Crippen LogP contribution in [0.2, 0.25) is 0 Å². The summed E-state index contributed by atoms with van der Waals surface area (Å²) in [5.74, 6) is 1.58. The molecule has 1 aliphatic heterocycles. The standard InChI is InChI=1S/C16H23FN2/c1-2-19(14-7-4-6-13(17)9-14)11-16-15-8-3-5-12(15)10-18-16/h4,6-7,9,12,15-16,18H,2-3,5,8,10-11H2,1H3. The van der Waals surface area contributed by atoms with E-state index < -0.39 is 0 Å². The predicted molar refractivity (Wildman–Crippen MR) is 76.9 cm³/mol. The maximum absolute atomic E-state index is 13.4. The van der Waals surface area contributed by atoms with Crippen LogP contribution in [0.4, 0.5) is 10.1 Å². The van der Waals surface area contributed by atoms with Crippen molar-refractivity contribution in [3.63, 3.8) is 0 Å². The van der Waals surface area contributed by atoms with Crippen LogP contribution in [0.5, 0.6) is 0 Å². The van der Waals surface area contributed by atoms with E-state index in [0.717, 1.165) is 30.6 Å². The number of anilines is 1. The van der Waals surface area contributed by atoms with Crippen molar-refractivity contribution in [2.75, 3.05) is 24.5 Å². The normalized spacial score (nSPS) is 29.5. The number of nitrogens with one attached hydrogen (secondary N) is 1. The summed E-state index contributed by atoms with van der Waals surface area (Å²) >= 11 is 0. The van der Waals surface area contributed by atoms with Crippen LogP contribution in [0.15, 0.2) is 24.3 Å². The third-order valence-corrected chi connectivity index (χ3v) is 4.85. The summed E-state index contributed by atoms with van der Waals surface area (Å²) in [4.78, 5) is 2.29. The van der Waals surface area contributed by atoms with Crippen LogP contribution in [0, 0.1) is 17.7 Å². The topological polar surface area (TPSA) is 15.3 Å². The Morgan fingerprint density at radius 3 is 3.05 bits per heavy atom. The molecule has 3 atom stereocenters. The minimum absolute atomic E-state index is 0.144. The van der Waals surface area contributed by atoms with E-state index in [1.807, 2.05) is 6.07 Å². The van der Waals surface area contributed by atoms with Gasteiger partial charge in [0.05, 0.1) is 0 Å². The molecule has 19 heavy (non-hydrogen) atoms. The van der Waals surface area contributed by atoms with Crippen molar-refractivity contribution in [3.8, 4) is 0 Å². The zero-order valence-electron chi connectivity index (χ0n) is 11.6. The van der Waals surface area contributed by atoms with Crippen molar-refractivity contribution in [3.05, 3.63) is 30.1 Å². The zero-order chi connectivity index (χ0) is 13.2. The molecular formula is C16H23FN2. The smallest absolute Gasteiger partial charge is 0.125 e. The van der Waals surface area contributed by atoms with Crippen LogP contribution in [-0.2, 0) is 0 Å². The largest absolute Gasteiger partial charge is 0.370 e. The Labute approximate surface area is 115 Å². The molecule has 3 rings (SSSR count). The van der Waals surface area contributed by atoms with Gasteiger partial charge in [-0.05, 0) is 56.3 Å². The Hall–Kier alpha value is -1.09. The number of nitrogens with zero attached hydrogens (tertiary/aromatic N) is 1. The summed E-state index contributed by atoms with van der Waals surface area (Å²) in [5.41, 5.74) is 1.01. The molecule has 1 aromatic carbocycles. The molecule has 2 fully saturated rings. The highest BCUT2D eigenvalue weighted by molar-refractivity contribution is 5.46. The maximum Gasteiger partial charge on any atom is 0.125 e. The summed E-state index contributed by atoms with van der Waals surface area (Å²) in [6.07, 6.45) is 4.14. The molecule has 1 aromatic rings. The average molecular weight is 262 g/mol. The number of fused-ring (bicyclic) bond motifs is 1. The average Bonchev–Trinajstić information content (AvgIpc) is 2.99. The van der Waals surface area contributed by atoms with Gasteiger partial charge >= 0.3 is 0 Å². The number of likely N-dealkylation sites (N-methyl/N-ethyl adjacent to an activating group) is 1. The molecule has 0 spiro atoms. The van der Waals surface area contributed by atoms with Gasteiger partial charge in [0.25, 0.3) is 0 Å². The number of halogens is 1. The second-order valence-corrected chi connectivity index (χ2v) is 5.89. The van der Waals surface area contributed by atoms with Gasteiger partial charge < -0.3 is 10.2 Å². The van der Waals surface area contributed by atoms with Gasteiger partial charge in [0.2, 0.25) is 0 Å². The molecular weight excluding hydrogens is 239 g/mol. The number of hydrogen-bond donors (Lipinski definition) is 1. The van der Waals surface area contributed by atoms with E-state index in [9.17, 15) is 4.39 Å². The number of hydrogen-bond acceptors (Lipinski definition) is 2. The SMILES string of the molecule is CCN(CC1NCC2CCCC21)c1cccc(F)c1. The molecule has 0 radical (unpaired) electrons. The lowest BCUT2D eigenvalue weighted by molar-refractivity contribution is 0.410. The lowest BCUT2D eigenvalue weighted by Gasteiger charge is -2.29. The summed E-state index contributed by atoms with van der Waals surface area (Å²) in [7, 11) is 0. The minimum atomic E-state index is -0.144. The lowest BCUT2D eigenvalue weighted by atomic mass is 9.93. The first kappa shape index (κ1) is 12.9. The molecule has 3 heteroatoms. The van der Waals surface area contributed by atoms with Crippen LogP contribution in [0.25, 0.3) is 0 Å². The van der Waals surface area contributed by atoms with Gasteiger partial charge in [-0.2, -0.15) is 0 Å². The summed E-state index contributed by atoms with van der Waals surface area (Å²) in [5, 5.41) is 3.67. The molecule has 3 unspecified atom stereocenters. The molecule has 2 aliphatic rings. The summed E-state index contributed by atoms with van der Waals surface area (Å²) in [6, 6.07) is 7.54. The second kappa shape index (κ2) is 5.49. The van der Waals surface area contributed by atoms with Gasteiger partial charge in [0, 0.05) is 24.8 Å². The Bertz CT molecular complexity index is 435. The molecule has 1 heterocycles. The molecule has 2 nitrogen and oxygen atoms in total. The predicted octanol–water partition coefficient (Wildman–Crippen LogP) is 3.04. The van der Waals surface area contributed by atoms with E-state index in [1.165, 1.54) is 31.9 Å². The van der Waals surface area contributed by atoms with Gasteiger partial charge in [0.15, 0.2) is 0 Å². The molecule has 104 valence electrons. The Morgan fingerprint density at radius 1 is 1.37 bits per heavy atom. The van der Waals surface area contributed by atoms with E-state index in [0.29, 0.717) is 6.04 Å². The molecule has 1 saturated carbocycles. The van der Waals surface area contributed by atoms with Gasteiger partial charge in [-0.1, -0.05) is 12.5 Å². The fraction of sp³-hybridized carbons (Fsp3) is 0.625. The molecule has 0 aromatic heterocycles. The number of benzene rings is 1. The monoisotopic (exact) mass is 262 g/mol. The van der Waals surface area contributed by atoms with Gasteiger partial charge in [0.1, 0.15) is 5.82 Å². The van der Waals surface area contributed by atoms with E-state index >= 15 is 0 Å². The molecule has 1 aliphatic carbocycles. The first-order chi connectivity index (χ1) is 9.28. The van der Waals surface area contributed by atoms with Crippen molar-refractivity contribution in [2.45, 2.75) is 32.2 Å². The first-order valence-electron chi connectivity index (χ1n) is 7.52. The van der Waals surface area contributed by atoms with Crippen LogP contribution in [0.3, 0.4) is 0 Å². The van der Waals surface area contributed by atoms with Crippen molar-refractivity contribution in [1.82, 2.24) is 5.32 Å². The van der Waals surface area contributed by atoms with Crippen molar-refractivity contribution in [2.24, 2.45) is 11.8 Å². The zero-order valence-corrected chi connectivity index (χ0v) is 11.6. The second-order valence-electron chi connectivity index (χ2n) is 5.89. The highest BCUT2D eigenvalue weighted by Crippen LogP contribution is 2.38. The van der Waals surface area contributed by atoms with Gasteiger partial charge in [-0.15, -0.1) is 0 Å². The molecule has 1 N–H and O–H groups in total. The molecule has 1 saturated heterocycles. The van der Waals surface area contributed by atoms with E-state index in [-0.39, 0.29) is 5.82 Å². The van der Waals surface area contributed by atoms with Crippen LogP contribution < -0.4 is 10.2 Å². The molecule has 0 bridgehead atoms. The Morgan fingerprint density at radius 2 is 2.26 bits per heavy atom. The van der Waals surface area contributed by atoms with Gasteiger partial charge in [-0.3, -0.25) is 0 Å². The Kier molecular flexibility index (Phi) is 3.74. The third kappa shape index (κ3) is 2.62. The fourth-order valence-electron chi connectivity index (χ4n) is 3.83. The number of rotatable bonds is 4. The van der Waals surface area contributed by atoms with E-state index in [4.69, 9.17) is 0 Å². The summed E-state index contributed by atoms with van der Waals surface area (Å²) in [6.45, 7) is 5.25. The lowest BCUT2D eigenvalue weighted by Crippen LogP contribution is -2.40. The van der Waals surface area contributed by atoms with Crippen LogP contribution in [-0.4, -0.2) is 25.7 Å². The van der Waals surface area contributed by atoms with Gasteiger partial charge in [-0.25, -0.2) is 4.39 Å². The van der Waals surface area contributed by atoms with Crippen molar-refractivity contribution < 1.29 is 4.39 Å². The summed E-state index contributed by atoms with van der Waals surface area (Å²) < 4.78 is 13.4. The quantitative estimate of drug-likeness (QED) is 0.897. The minimum Gasteiger partial charge on any atom is -0.370 e. The van der Waals surface area contributed by atoms with E-state index in [2.05, 4.69) is 17.1 Å². The fourth-order valence-corrected chi connectivity index (χ4v) is 3.83.